The first-order valence-electron chi connectivity index (χ1n) is 10.1. The summed E-state index contributed by atoms with van der Waals surface area (Å²) in [5, 5.41) is 2.92. The monoisotopic (exact) mass is 445 g/mol. The number of hydrogen-bond donors (Lipinski definition) is 1. The molecular weight excluding hydrogens is 418 g/mol. The highest BCUT2D eigenvalue weighted by atomic mass is 79.9. The van der Waals surface area contributed by atoms with Gasteiger partial charge in [0, 0.05) is 11.3 Å². The Morgan fingerprint density at radius 2 is 1.82 bits per heavy atom. The van der Waals surface area contributed by atoms with Gasteiger partial charge in [-0.1, -0.05) is 32.1 Å². The Morgan fingerprint density at radius 1 is 1.07 bits per heavy atom. The lowest BCUT2D eigenvalue weighted by Crippen LogP contribution is -2.12. The van der Waals surface area contributed by atoms with Crippen LogP contribution in [0.25, 0.3) is 0 Å². The van der Waals surface area contributed by atoms with E-state index in [0.29, 0.717) is 12.2 Å². The van der Waals surface area contributed by atoms with Crippen LogP contribution in [-0.4, -0.2) is 19.1 Å². The molecule has 0 bridgehead atoms. The van der Waals surface area contributed by atoms with E-state index in [1.807, 2.05) is 31.2 Å². The van der Waals surface area contributed by atoms with Gasteiger partial charge in [-0.25, -0.2) is 0 Å². The van der Waals surface area contributed by atoms with E-state index in [4.69, 9.17) is 9.47 Å². The van der Waals surface area contributed by atoms with E-state index in [1.54, 1.807) is 18.2 Å². The Labute approximate surface area is 175 Å². The van der Waals surface area contributed by atoms with Crippen molar-refractivity contribution in [1.82, 2.24) is 0 Å². The highest BCUT2D eigenvalue weighted by Crippen LogP contribution is 2.28. The highest BCUT2D eigenvalue weighted by Gasteiger charge is 2.13. The molecule has 5 heteroatoms. The van der Waals surface area contributed by atoms with Crippen molar-refractivity contribution in [2.45, 2.75) is 45.4 Å². The number of anilines is 1. The molecule has 1 fully saturated rings. The van der Waals surface area contributed by atoms with E-state index in [2.05, 4.69) is 21.2 Å². The molecule has 0 spiro atoms. The van der Waals surface area contributed by atoms with E-state index in [9.17, 15) is 4.79 Å². The molecule has 1 aliphatic rings. The quantitative estimate of drug-likeness (QED) is 0.507. The second kappa shape index (κ2) is 10.5. The number of carbonyl (C=O) groups excluding carboxylic acids is 1. The third kappa shape index (κ3) is 5.99. The fraction of sp³-hybridized carbons (Fsp3) is 0.435. The Hall–Kier alpha value is -2.01. The Balaban J connectivity index is 1.49. The van der Waals surface area contributed by atoms with E-state index in [1.165, 1.54) is 32.1 Å². The van der Waals surface area contributed by atoms with Gasteiger partial charge in [-0.3, -0.25) is 4.79 Å². The largest absolute Gasteiger partial charge is 0.494 e. The standard InChI is InChI=1S/C23H28BrNO3/c1-2-27-22-13-8-18(16-21(22)24)23(26)25-19-9-11-20(12-10-19)28-15-14-17-6-4-3-5-7-17/h8-13,16-17H,2-7,14-15H2,1H3,(H,25,26). The van der Waals surface area contributed by atoms with Crippen molar-refractivity contribution in [3.63, 3.8) is 0 Å². The van der Waals surface area contributed by atoms with Crippen LogP contribution in [0.15, 0.2) is 46.9 Å². The average molecular weight is 446 g/mol. The summed E-state index contributed by atoms with van der Waals surface area (Å²) in [6.45, 7) is 3.27. The molecule has 0 heterocycles. The molecule has 1 N–H and O–H groups in total. The second-order valence-corrected chi connectivity index (χ2v) is 8.05. The molecule has 4 nitrogen and oxygen atoms in total. The van der Waals surface area contributed by atoms with Gasteiger partial charge in [-0.05, 0) is 77.7 Å². The fourth-order valence-corrected chi connectivity index (χ4v) is 4.06. The molecule has 2 aromatic carbocycles. The minimum Gasteiger partial charge on any atom is -0.494 e. The summed E-state index contributed by atoms with van der Waals surface area (Å²) in [5.41, 5.74) is 1.32. The lowest BCUT2D eigenvalue weighted by atomic mass is 9.87. The second-order valence-electron chi connectivity index (χ2n) is 7.20. The van der Waals surface area contributed by atoms with Crippen molar-refractivity contribution < 1.29 is 14.3 Å². The molecule has 1 amide bonds. The van der Waals surface area contributed by atoms with Crippen LogP contribution in [0.4, 0.5) is 5.69 Å². The van der Waals surface area contributed by atoms with Gasteiger partial charge in [0.15, 0.2) is 0 Å². The number of rotatable bonds is 8. The van der Waals surface area contributed by atoms with Crippen LogP contribution in [0.3, 0.4) is 0 Å². The van der Waals surface area contributed by atoms with E-state index >= 15 is 0 Å². The summed E-state index contributed by atoms with van der Waals surface area (Å²) in [7, 11) is 0. The maximum absolute atomic E-state index is 12.5. The minimum atomic E-state index is -0.158. The third-order valence-corrected chi connectivity index (χ3v) is 5.75. The summed E-state index contributed by atoms with van der Waals surface area (Å²) < 4.78 is 12.1. The first-order chi connectivity index (χ1) is 13.7. The molecule has 0 saturated heterocycles. The Morgan fingerprint density at radius 3 is 2.50 bits per heavy atom. The zero-order chi connectivity index (χ0) is 19.8. The summed E-state index contributed by atoms with van der Waals surface area (Å²) in [5.74, 6) is 2.24. The van der Waals surface area contributed by atoms with Gasteiger partial charge in [0.1, 0.15) is 11.5 Å². The van der Waals surface area contributed by atoms with Crippen LogP contribution in [0.2, 0.25) is 0 Å². The lowest BCUT2D eigenvalue weighted by molar-refractivity contribution is 0.102. The first kappa shape index (κ1) is 20.7. The zero-order valence-electron chi connectivity index (χ0n) is 16.4. The normalized spacial score (nSPS) is 14.5. The molecular formula is C23H28BrNO3. The molecule has 0 atom stereocenters. The summed E-state index contributed by atoms with van der Waals surface area (Å²) in [6, 6.07) is 12.9. The van der Waals surface area contributed by atoms with Gasteiger partial charge < -0.3 is 14.8 Å². The predicted molar refractivity (Wildman–Crippen MR) is 116 cm³/mol. The summed E-state index contributed by atoms with van der Waals surface area (Å²) >= 11 is 3.44. The summed E-state index contributed by atoms with van der Waals surface area (Å²) in [4.78, 5) is 12.5. The fourth-order valence-electron chi connectivity index (χ4n) is 3.57. The minimum absolute atomic E-state index is 0.158. The van der Waals surface area contributed by atoms with Crippen LogP contribution in [-0.2, 0) is 0 Å². The van der Waals surface area contributed by atoms with Crippen molar-refractivity contribution in [2.75, 3.05) is 18.5 Å². The molecule has 0 aliphatic heterocycles. The van der Waals surface area contributed by atoms with Crippen LogP contribution in [0.1, 0.15) is 55.8 Å². The van der Waals surface area contributed by atoms with Crippen molar-refractivity contribution in [2.24, 2.45) is 5.92 Å². The molecule has 1 saturated carbocycles. The highest BCUT2D eigenvalue weighted by molar-refractivity contribution is 9.10. The Kier molecular flexibility index (Phi) is 7.78. The molecule has 150 valence electrons. The summed E-state index contributed by atoms with van der Waals surface area (Å²) in [6.07, 6.45) is 7.93. The number of ether oxygens (including phenoxy) is 2. The number of amides is 1. The van der Waals surface area contributed by atoms with Gasteiger partial charge >= 0.3 is 0 Å². The predicted octanol–water partition coefficient (Wildman–Crippen LogP) is 6.45. The number of hydrogen-bond acceptors (Lipinski definition) is 3. The molecule has 0 unspecified atom stereocenters. The molecule has 28 heavy (non-hydrogen) atoms. The maximum Gasteiger partial charge on any atom is 0.255 e. The van der Waals surface area contributed by atoms with Crippen molar-refractivity contribution >= 4 is 27.5 Å². The van der Waals surface area contributed by atoms with E-state index in [-0.39, 0.29) is 5.91 Å². The van der Waals surface area contributed by atoms with Crippen LogP contribution in [0.5, 0.6) is 11.5 Å². The first-order valence-corrected chi connectivity index (χ1v) is 10.9. The molecule has 2 aromatic rings. The SMILES string of the molecule is CCOc1ccc(C(=O)Nc2ccc(OCCC3CCCCC3)cc2)cc1Br. The van der Waals surface area contributed by atoms with Gasteiger partial charge in [0.05, 0.1) is 17.7 Å². The maximum atomic E-state index is 12.5. The van der Waals surface area contributed by atoms with Gasteiger partial charge in [0.2, 0.25) is 0 Å². The topological polar surface area (TPSA) is 47.6 Å². The van der Waals surface area contributed by atoms with Crippen molar-refractivity contribution in [1.29, 1.82) is 0 Å². The zero-order valence-corrected chi connectivity index (χ0v) is 18.0. The van der Waals surface area contributed by atoms with E-state index in [0.717, 1.165) is 40.6 Å². The Bertz CT molecular complexity index is 770. The smallest absolute Gasteiger partial charge is 0.255 e. The van der Waals surface area contributed by atoms with Crippen molar-refractivity contribution in [3.05, 3.63) is 52.5 Å². The number of halogens is 1. The molecule has 0 aromatic heterocycles. The van der Waals surface area contributed by atoms with E-state index < -0.39 is 0 Å². The number of benzene rings is 2. The van der Waals surface area contributed by atoms with Crippen LogP contribution < -0.4 is 14.8 Å². The number of nitrogens with one attached hydrogen (secondary N) is 1. The third-order valence-electron chi connectivity index (χ3n) is 5.13. The average Bonchev–Trinajstić information content (AvgIpc) is 2.72. The lowest BCUT2D eigenvalue weighted by Gasteiger charge is -2.21. The van der Waals surface area contributed by atoms with Gasteiger partial charge in [-0.15, -0.1) is 0 Å². The molecule has 3 rings (SSSR count). The molecule has 1 aliphatic carbocycles. The van der Waals surface area contributed by atoms with Crippen LogP contribution >= 0.6 is 15.9 Å². The van der Waals surface area contributed by atoms with Crippen molar-refractivity contribution in [3.8, 4) is 11.5 Å². The molecule has 0 radical (unpaired) electrons. The van der Waals surface area contributed by atoms with Gasteiger partial charge in [-0.2, -0.15) is 0 Å². The van der Waals surface area contributed by atoms with Gasteiger partial charge in [0.25, 0.3) is 5.91 Å². The number of carbonyl (C=O) groups is 1. The van der Waals surface area contributed by atoms with Crippen LogP contribution in [0, 0.1) is 5.92 Å².